The lowest BCUT2D eigenvalue weighted by Crippen LogP contribution is -2.46. The van der Waals surface area contributed by atoms with Gasteiger partial charge >= 0.3 is 6.16 Å². The number of ether oxygens (including phenoxy) is 2. The van der Waals surface area contributed by atoms with Gasteiger partial charge in [-0.05, 0) is 93.2 Å². The number of benzene rings is 1. The first-order chi connectivity index (χ1) is 16.4. The van der Waals surface area contributed by atoms with Gasteiger partial charge < -0.3 is 24.6 Å². The molecule has 0 aliphatic heterocycles. The molecule has 2 aliphatic carbocycles. The van der Waals surface area contributed by atoms with Gasteiger partial charge in [0.1, 0.15) is 5.75 Å². The number of hydrogen-bond donors (Lipinski definition) is 2. The largest absolute Gasteiger partial charge is 0.512 e. The van der Waals surface area contributed by atoms with Gasteiger partial charge in [-0.1, -0.05) is 18.3 Å². The van der Waals surface area contributed by atoms with E-state index in [4.69, 9.17) is 9.47 Å². The third-order valence-electron chi connectivity index (χ3n) is 7.13. The highest BCUT2D eigenvalue weighted by molar-refractivity contribution is 7.18. The Balaban J connectivity index is 1.72. The molecule has 2 saturated carbocycles. The fourth-order valence-corrected chi connectivity index (χ4v) is 6.10. The number of nitrogens with zero attached hydrogens (tertiary/aromatic N) is 1. The summed E-state index contributed by atoms with van der Waals surface area (Å²) in [5.41, 5.74) is 1.41. The molecule has 0 bridgehead atoms. The summed E-state index contributed by atoms with van der Waals surface area (Å²) >= 11 is 1.22. The van der Waals surface area contributed by atoms with Gasteiger partial charge in [-0.2, -0.15) is 0 Å². The molecule has 0 saturated heterocycles. The van der Waals surface area contributed by atoms with Crippen LogP contribution in [0.4, 0.5) is 10.5 Å². The summed E-state index contributed by atoms with van der Waals surface area (Å²) in [6.45, 7) is 2.22. The molecule has 8 heteroatoms. The lowest BCUT2D eigenvalue weighted by Gasteiger charge is -2.38. The first kappa shape index (κ1) is 24.5. The molecule has 7 nitrogen and oxygen atoms in total. The van der Waals surface area contributed by atoms with Crippen LogP contribution in [0.15, 0.2) is 30.3 Å². The molecule has 1 aromatic heterocycles. The summed E-state index contributed by atoms with van der Waals surface area (Å²) in [6, 6.07) is 9.29. The van der Waals surface area contributed by atoms with Gasteiger partial charge in [-0.25, -0.2) is 4.79 Å². The molecule has 184 valence electrons. The summed E-state index contributed by atoms with van der Waals surface area (Å²) in [5, 5.41) is 19.7. The van der Waals surface area contributed by atoms with E-state index in [2.05, 4.69) is 6.92 Å². The molecule has 34 heavy (non-hydrogen) atoms. The van der Waals surface area contributed by atoms with E-state index >= 15 is 0 Å². The molecular formula is C26H33NO6S. The predicted molar refractivity (Wildman–Crippen MR) is 132 cm³/mol. The first-order valence-corrected chi connectivity index (χ1v) is 12.9. The molecule has 1 amide bonds. The van der Waals surface area contributed by atoms with Crippen LogP contribution in [0.1, 0.15) is 58.3 Å². The number of carbonyl (C=O) groups is 2. The van der Waals surface area contributed by atoms with Gasteiger partial charge in [-0.15, -0.1) is 0 Å². The van der Waals surface area contributed by atoms with Crippen LogP contribution in [0, 0.1) is 11.8 Å². The molecule has 2 fully saturated rings. The summed E-state index contributed by atoms with van der Waals surface area (Å²) in [7, 11) is 1.60. The van der Waals surface area contributed by atoms with Crippen LogP contribution in [0.25, 0.3) is 10.4 Å². The van der Waals surface area contributed by atoms with E-state index in [0.717, 1.165) is 41.9 Å². The van der Waals surface area contributed by atoms with Crippen molar-refractivity contribution in [3.8, 4) is 21.3 Å². The van der Waals surface area contributed by atoms with Crippen LogP contribution in [-0.4, -0.2) is 41.5 Å². The van der Waals surface area contributed by atoms with Crippen molar-refractivity contribution in [2.24, 2.45) is 11.8 Å². The number of aliphatic hydroxyl groups is 1. The smallest absolute Gasteiger partial charge is 0.497 e. The highest BCUT2D eigenvalue weighted by atomic mass is 32.1. The standard InChI is InChI=1S/C26H33NO6S/c1-16-3-5-18(6-4-16)24(29)27(19-9-11-20(28)12-10-19)22-15-23(34-25(22)33-26(30)31)17-7-13-21(32-2)14-8-17/h7-8,13-16,18-20,28H,3-6,9-12H2,1-2H3,(H,30,31). The average molecular weight is 488 g/mol. The maximum Gasteiger partial charge on any atom is 0.512 e. The molecule has 0 unspecified atom stereocenters. The first-order valence-electron chi connectivity index (χ1n) is 12.1. The highest BCUT2D eigenvalue weighted by Crippen LogP contribution is 2.46. The zero-order chi connectivity index (χ0) is 24.2. The molecule has 0 radical (unpaired) electrons. The Labute approximate surface area is 204 Å². The van der Waals surface area contributed by atoms with E-state index in [-0.39, 0.29) is 29.0 Å². The Hall–Kier alpha value is -2.58. The topological polar surface area (TPSA) is 96.3 Å². The zero-order valence-electron chi connectivity index (χ0n) is 19.7. The monoisotopic (exact) mass is 487 g/mol. The Morgan fingerprint density at radius 2 is 1.65 bits per heavy atom. The average Bonchev–Trinajstić information content (AvgIpc) is 3.23. The van der Waals surface area contributed by atoms with Crippen molar-refractivity contribution in [3.05, 3.63) is 30.3 Å². The van der Waals surface area contributed by atoms with Gasteiger partial charge in [0.25, 0.3) is 0 Å². The lowest BCUT2D eigenvalue weighted by atomic mass is 9.81. The number of amides is 1. The Morgan fingerprint density at radius 3 is 2.24 bits per heavy atom. The van der Waals surface area contributed by atoms with Crippen molar-refractivity contribution < 1.29 is 29.3 Å². The zero-order valence-corrected chi connectivity index (χ0v) is 20.6. The quantitative estimate of drug-likeness (QED) is 0.489. The summed E-state index contributed by atoms with van der Waals surface area (Å²) in [5.74, 6) is 1.32. The van der Waals surface area contributed by atoms with Crippen molar-refractivity contribution in [1.82, 2.24) is 0 Å². The maximum atomic E-state index is 13.9. The van der Waals surface area contributed by atoms with E-state index in [1.54, 1.807) is 12.0 Å². The van der Waals surface area contributed by atoms with Crippen LogP contribution >= 0.6 is 11.3 Å². The molecule has 0 atom stereocenters. The van der Waals surface area contributed by atoms with E-state index in [1.807, 2.05) is 30.3 Å². The second-order valence-electron chi connectivity index (χ2n) is 9.51. The minimum atomic E-state index is -1.40. The second kappa shape index (κ2) is 10.8. The number of aliphatic hydroxyl groups excluding tert-OH is 1. The number of carboxylic acid groups (broad SMARTS) is 1. The number of hydrogen-bond acceptors (Lipinski definition) is 6. The van der Waals surface area contributed by atoms with E-state index in [9.17, 15) is 19.8 Å². The molecular weight excluding hydrogens is 454 g/mol. The van der Waals surface area contributed by atoms with Crippen molar-refractivity contribution >= 4 is 29.1 Å². The lowest BCUT2D eigenvalue weighted by molar-refractivity contribution is -0.124. The van der Waals surface area contributed by atoms with Gasteiger partial charge in [0.05, 0.1) is 18.9 Å². The third kappa shape index (κ3) is 5.55. The number of methoxy groups -OCH3 is 1. The molecule has 4 rings (SSSR count). The van der Waals surface area contributed by atoms with Crippen LogP contribution in [0.3, 0.4) is 0 Å². The SMILES string of the molecule is COc1ccc(-c2cc(N(C(=O)C3CCC(C)CC3)C3CCC(O)CC3)c(OC(=O)O)s2)cc1. The van der Waals surface area contributed by atoms with Gasteiger partial charge in [0, 0.05) is 16.8 Å². The highest BCUT2D eigenvalue weighted by Gasteiger charge is 2.37. The van der Waals surface area contributed by atoms with Crippen molar-refractivity contribution in [3.63, 3.8) is 0 Å². The van der Waals surface area contributed by atoms with Crippen LogP contribution < -0.4 is 14.4 Å². The van der Waals surface area contributed by atoms with Gasteiger partial charge in [-0.3, -0.25) is 4.79 Å². The number of thiophene rings is 1. The Kier molecular flexibility index (Phi) is 7.78. The number of anilines is 1. The molecule has 1 heterocycles. The maximum absolute atomic E-state index is 13.9. The summed E-state index contributed by atoms with van der Waals surface area (Å²) in [6.07, 6.45) is 4.58. The third-order valence-corrected chi connectivity index (χ3v) is 8.18. The van der Waals surface area contributed by atoms with Crippen molar-refractivity contribution in [2.75, 3.05) is 12.0 Å². The molecule has 2 N–H and O–H groups in total. The van der Waals surface area contributed by atoms with E-state index in [0.29, 0.717) is 37.3 Å². The number of carbonyl (C=O) groups excluding carboxylic acids is 1. The summed E-state index contributed by atoms with van der Waals surface area (Å²) < 4.78 is 10.5. The van der Waals surface area contributed by atoms with Crippen molar-refractivity contribution in [1.29, 1.82) is 0 Å². The van der Waals surface area contributed by atoms with Gasteiger partial charge in [0.15, 0.2) is 0 Å². The minimum absolute atomic E-state index is 0.0441. The number of rotatable bonds is 6. The summed E-state index contributed by atoms with van der Waals surface area (Å²) in [4.78, 5) is 28.1. The molecule has 2 aromatic rings. The van der Waals surface area contributed by atoms with Crippen LogP contribution in [0.5, 0.6) is 10.8 Å². The van der Waals surface area contributed by atoms with Crippen LogP contribution in [-0.2, 0) is 4.79 Å². The van der Waals surface area contributed by atoms with Gasteiger partial charge in [0.2, 0.25) is 11.0 Å². The fourth-order valence-electron chi connectivity index (χ4n) is 5.10. The predicted octanol–water partition coefficient (Wildman–Crippen LogP) is 5.94. The fraction of sp³-hybridized carbons (Fsp3) is 0.538. The van der Waals surface area contributed by atoms with Crippen molar-refractivity contribution in [2.45, 2.75) is 70.4 Å². The normalized spacial score (nSPS) is 24.9. The van der Waals surface area contributed by atoms with E-state index < -0.39 is 6.16 Å². The molecule has 2 aliphatic rings. The van der Waals surface area contributed by atoms with Crippen LogP contribution in [0.2, 0.25) is 0 Å². The molecule has 1 aromatic carbocycles. The minimum Gasteiger partial charge on any atom is -0.497 e. The molecule has 0 spiro atoms. The Morgan fingerprint density at radius 1 is 1.00 bits per heavy atom. The second-order valence-corrected chi connectivity index (χ2v) is 10.5. The van der Waals surface area contributed by atoms with E-state index in [1.165, 1.54) is 11.3 Å². The Bertz CT molecular complexity index is 987.